The van der Waals surface area contributed by atoms with Crippen molar-refractivity contribution in [1.82, 2.24) is 9.55 Å². The van der Waals surface area contributed by atoms with Crippen molar-refractivity contribution in [1.29, 1.82) is 0 Å². The Hall–Kier alpha value is -1.61. The van der Waals surface area contributed by atoms with Crippen molar-refractivity contribution in [3.05, 3.63) is 47.0 Å². The molecule has 3 rings (SSSR count). The average molecular weight is 205 g/mol. The smallest absolute Gasteiger partial charge is 0.232 e. The van der Waals surface area contributed by atoms with Crippen molar-refractivity contribution in [2.75, 3.05) is 0 Å². The van der Waals surface area contributed by atoms with Crippen molar-refractivity contribution in [3.8, 4) is 5.69 Å². The van der Waals surface area contributed by atoms with E-state index in [1.54, 1.807) is 23.0 Å². The van der Waals surface area contributed by atoms with Gasteiger partial charge in [-0.1, -0.05) is 17.7 Å². The minimum absolute atomic E-state index is 0.101. The lowest BCUT2D eigenvalue weighted by Gasteiger charge is -2.00. The van der Waals surface area contributed by atoms with E-state index in [1.807, 2.05) is 12.1 Å². The van der Waals surface area contributed by atoms with Gasteiger partial charge >= 0.3 is 0 Å². The fourth-order valence-electron chi connectivity index (χ4n) is 1.72. The second kappa shape index (κ2) is 2.45. The van der Waals surface area contributed by atoms with Crippen LogP contribution in [0.1, 0.15) is 16.2 Å². The lowest BCUT2D eigenvalue weighted by molar-refractivity contribution is 0.103. The summed E-state index contributed by atoms with van der Waals surface area (Å²) in [6.45, 7) is 0. The molecule has 0 N–H and O–H groups in total. The summed E-state index contributed by atoms with van der Waals surface area (Å²) in [6.07, 6.45) is 3.37. The number of nitrogens with zero attached hydrogens (tertiary/aromatic N) is 2. The zero-order valence-electron chi connectivity index (χ0n) is 7.07. The van der Waals surface area contributed by atoms with Gasteiger partial charge in [-0.05, 0) is 12.1 Å². The van der Waals surface area contributed by atoms with Crippen molar-refractivity contribution >= 4 is 17.4 Å². The van der Waals surface area contributed by atoms with Crippen molar-refractivity contribution < 1.29 is 4.79 Å². The zero-order valence-corrected chi connectivity index (χ0v) is 7.82. The average Bonchev–Trinajstić information content (AvgIpc) is 2.71. The SMILES string of the molecule is O=C1c2c(Cl)cccc2-n2ccnc21. The van der Waals surface area contributed by atoms with Crippen molar-refractivity contribution in [3.63, 3.8) is 0 Å². The highest BCUT2D eigenvalue weighted by Crippen LogP contribution is 2.31. The van der Waals surface area contributed by atoms with Gasteiger partial charge in [-0.15, -0.1) is 0 Å². The van der Waals surface area contributed by atoms with E-state index in [-0.39, 0.29) is 5.78 Å². The van der Waals surface area contributed by atoms with E-state index in [0.29, 0.717) is 16.4 Å². The highest BCUT2D eigenvalue weighted by atomic mass is 35.5. The van der Waals surface area contributed by atoms with Gasteiger partial charge in [0.2, 0.25) is 5.78 Å². The molecule has 1 aliphatic rings. The minimum atomic E-state index is -0.101. The van der Waals surface area contributed by atoms with Crippen molar-refractivity contribution in [2.24, 2.45) is 0 Å². The van der Waals surface area contributed by atoms with Gasteiger partial charge in [-0.3, -0.25) is 9.36 Å². The molecule has 0 unspecified atom stereocenters. The number of hydrogen-bond donors (Lipinski definition) is 0. The van der Waals surface area contributed by atoms with E-state index >= 15 is 0 Å². The molecule has 68 valence electrons. The molecule has 0 saturated carbocycles. The summed E-state index contributed by atoms with van der Waals surface area (Å²) in [5, 5.41) is 0.484. The summed E-state index contributed by atoms with van der Waals surface area (Å²) in [6, 6.07) is 5.39. The lowest BCUT2D eigenvalue weighted by atomic mass is 10.1. The molecule has 0 fully saturated rings. The first kappa shape index (κ1) is 7.76. The van der Waals surface area contributed by atoms with Crippen LogP contribution in [-0.4, -0.2) is 15.3 Å². The van der Waals surface area contributed by atoms with Crippen LogP contribution >= 0.6 is 11.6 Å². The van der Waals surface area contributed by atoms with E-state index < -0.39 is 0 Å². The van der Waals surface area contributed by atoms with Gasteiger partial charge in [0.1, 0.15) is 0 Å². The number of hydrogen-bond acceptors (Lipinski definition) is 2. The maximum Gasteiger partial charge on any atom is 0.232 e. The highest BCUT2D eigenvalue weighted by Gasteiger charge is 2.29. The summed E-state index contributed by atoms with van der Waals surface area (Å²) in [7, 11) is 0. The Morgan fingerprint density at radius 1 is 1.36 bits per heavy atom. The topological polar surface area (TPSA) is 34.9 Å². The monoisotopic (exact) mass is 204 g/mol. The van der Waals surface area contributed by atoms with Crippen LogP contribution < -0.4 is 0 Å². The summed E-state index contributed by atoms with van der Waals surface area (Å²) in [5.41, 5.74) is 1.37. The third-order valence-electron chi connectivity index (χ3n) is 2.32. The summed E-state index contributed by atoms with van der Waals surface area (Å²) < 4.78 is 1.75. The predicted octanol–water partition coefficient (Wildman–Crippen LogP) is 2.07. The maximum atomic E-state index is 11.8. The summed E-state index contributed by atoms with van der Waals surface area (Å²) in [4.78, 5) is 15.8. The van der Waals surface area contributed by atoms with Gasteiger partial charge in [0.15, 0.2) is 5.82 Å². The number of fused-ring (bicyclic) bond motifs is 3. The third-order valence-corrected chi connectivity index (χ3v) is 2.64. The Bertz CT molecular complexity index is 545. The molecule has 0 atom stereocenters. The number of carbonyl (C=O) groups is 1. The fourth-order valence-corrected chi connectivity index (χ4v) is 1.97. The zero-order chi connectivity index (χ0) is 9.71. The van der Waals surface area contributed by atoms with E-state index in [9.17, 15) is 4.79 Å². The predicted molar refractivity (Wildman–Crippen MR) is 52.0 cm³/mol. The quantitative estimate of drug-likeness (QED) is 0.562. The molecule has 0 spiro atoms. The van der Waals surface area contributed by atoms with Crippen LogP contribution in [-0.2, 0) is 0 Å². The molecule has 3 nitrogen and oxygen atoms in total. The Morgan fingerprint density at radius 2 is 2.21 bits per heavy atom. The van der Waals surface area contributed by atoms with Crippen LogP contribution in [0.4, 0.5) is 0 Å². The van der Waals surface area contributed by atoms with Crippen LogP contribution in [0.15, 0.2) is 30.6 Å². The molecule has 0 bridgehead atoms. The Balaban J connectivity index is 2.44. The van der Waals surface area contributed by atoms with Gasteiger partial charge in [-0.25, -0.2) is 4.98 Å². The number of rotatable bonds is 0. The largest absolute Gasteiger partial charge is 0.296 e. The van der Waals surface area contributed by atoms with Gasteiger partial charge in [0.05, 0.1) is 16.3 Å². The van der Waals surface area contributed by atoms with Gasteiger partial charge in [-0.2, -0.15) is 0 Å². The van der Waals surface area contributed by atoms with Crippen LogP contribution in [0.3, 0.4) is 0 Å². The molecule has 2 aromatic rings. The lowest BCUT2D eigenvalue weighted by Crippen LogP contribution is -1.97. The van der Waals surface area contributed by atoms with Gasteiger partial charge in [0.25, 0.3) is 0 Å². The first-order chi connectivity index (χ1) is 6.79. The number of ketones is 1. The van der Waals surface area contributed by atoms with E-state index in [0.717, 1.165) is 5.69 Å². The second-order valence-corrected chi connectivity index (χ2v) is 3.49. The molecule has 1 aromatic heterocycles. The van der Waals surface area contributed by atoms with Crippen LogP contribution in [0.2, 0.25) is 5.02 Å². The Kier molecular flexibility index (Phi) is 1.36. The molecule has 0 radical (unpaired) electrons. The van der Waals surface area contributed by atoms with Crippen LogP contribution in [0, 0.1) is 0 Å². The molecule has 4 heteroatoms. The summed E-state index contributed by atoms with van der Waals surface area (Å²) >= 11 is 5.95. The first-order valence-electron chi connectivity index (χ1n) is 4.16. The highest BCUT2D eigenvalue weighted by molar-refractivity contribution is 6.36. The van der Waals surface area contributed by atoms with Gasteiger partial charge in [0, 0.05) is 12.4 Å². The second-order valence-electron chi connectivity index (χ2n) is 3.08. The number of carbonyl (C=O) groups excluding carboxylic acids is 1. The molecular weight excluding hydrogens is 200 g/mol. The number of benzene rings is 1. The van der Waals surface area contributed by atoms with Gasteiger partial charge < -0.3 is 0 Å². The molecule has 14 heavy (non-hydrogen) atoms. The molecule has 1 aromatic carbocycles. The summed E-state index contributed by atoms with van der Waals surface area (Å²) in [5.74, 6) is 0.337. The standard InChI is InChI=1S/C10H5ClN2O/c11-6-2-1-3-7-8(6)9(14)10-12-4-5-13(7)10/h1-5H. The maximum absolute atomic E-state index is 11.8. The molecular formula is C10H5ClN2O. The molecule has 0 aliphatic carbocycles. The van der Waals surface area contributed by atoms with E-state index in [2.05, 4.69) is 4.98 Å². The Morgan fingerprint density at radius 3 is 3.07 bits per heavy atom. The number of aromatic nitrogens is 2. The molecule has 2 heterocycles. The fraction of sp³-hybridized carbons (Fsp3) is 0. The van der Waals surface area contributed by atoms with Crippen molar-refractivity contribution in [2.45, 2.75) is 0 Å². The normalized spacial score (nSPS) is 12.8. The number of imidazole rings is 1. The first-order valence-corrected chi connectivity index (χ1v) is 4.54. The number of halogens is 1. The van der Waals surface area contributed by atoms with E-state index in [1.165, 1.54) is 0 Å². The molecule has 0 saturated heterocycles. The molecule has 1 aliphatic heterocycles. The third kappa shape index (κ3) is 0.775. The Labute approximate surface area is 85.0 Å². The van der Waals surface area contributed by atoms with Crippen LogP contribution in [0.25, 0.3) is 5.69 Å². The van der Waals surface area contributed by atoms with Crippen LogP contribution in [0.5, 0.6) is 0 Å². The molecule has 0 amide bonds. The minimum Gasteiger partial charge on any atom is -0.296 e. The van der Waals surface area contributed by atoms with E-state index in [4.69, 9.17) is 11.6 Å².